The molecule has 2 aliphatic rings. The van der Waals surface area contributed by atoms with Crippen LogP contribution < -0.4 is 5.32 Å². The number of hydrogen-bond donors (Lipinski definition) is 1. The van der Waals surface area contributed by atoms with Crippen molar-refractivity contribution in [1.29, 1.82) is 0 Å². The van der Waals surface area contributed by atoms with Gasteiger partial charge in [0.25, 0.3) is 0 Å². The van der Waals surface area contributed by atoms with E-state index in [4.69, 9.17) is 6.42 Å². The van der Waals surface area contributed by atoms with Gasteiger partial charge in [0.05, 0.1) is 6.54 Å². The molecule has 0 spiro atoms. The summed E-state index contributed by atoms with van der Waals surface area (Å²) in [7, 11) is 0. The number of nitrogens with one attached hydrogen (secondary N) is 1. The lowest BCUT2D eigenvalue weighted by Gasteiger charge is -2.33. The second-order valence-corrected chi connectivity index (χ2v) is 5.50. The summed E-state index contributed by atoms with van der Waals surface area (Å²) in [5.74, 6) is 3.76. The Morgan fingerprint density at radius 1 is 1.31 bits per heavy atom. The first-order chi connectivity index (χ1) is 7.78. The molecule has 2 rings (SSSR count). The fraction of sp³-hybridized carbons (Fsp3) is 0.857. The molecule has 90 valence electrons. The van der Waals surface area contributed by atoms with E-state index >= 15 is 0 Å². The molecule has 2 heteroatoms. The standard InChI is InChI=1S/C14H24N2/c1-3-8-16-9-6-14(7-10-16)15-12(2)11-13-4-5-13/h1,12-15H,4-11H2,2H3. The van der Waals surface area contributed by atoms with Gasteiger partial charge in [-0.15, -0.1) is 6.42 Å². The summed E-state index contributed by atoms with van der Waals surface area (Å²) in [5.41, 5.74) is 0. The van der Waals surface area contributed by atoms with Crippen LogP contribution in [0, 0.1) is 18.3 Å². The minimum absolute atomic E-state index is 0.705. The number of likely N-dealkylation sites (tertiary alicyclic amines) is 1. The quantitative estimate of drug-likeness (QED) is 0.712. The first-order valence-electron chi connectivity index (χ1n) is 6.70. The Kier molecular flexibility index (Phi) is 4.26. The molecule has 16 heavy (non-hydrogen) atoms. The third-order valence-corrected chi connectivity index (χ3v) is 3.81. The zero-order chi connectivity index (χ0) is 11.4. The highest BCUT2D eigenvalue weighted by atomic mass is 15.1. The zero-order valence-electron chi connectivity index (χ0n) is 10.4. The minimum Gasteiger partial charge on any atom is -0.311 e. The molecule has 1 atom stereocenters. The van der Waals surface area contributed by atoms with Crippen LogP contribution in [0.5, 0.6) is 0 Å². The van der Waals surface area contributed by atoms with Gasteiger partial charge < -0.3 is 5.32 Å². The summed E-state index contributed by atoms with van der Waals surface area (Å²) in [6.07, 6.45) is 12.2. The average molecular weight is 220 g/mol. The van der Waals surface area contributed by atoms with Gasteiger partial charge in [-0.1, -0.05) is 18.8 Å². The molecule has 1 saturated carbocycles. The Hall–Kier alpha value is -0.520. The normalized spacial score (nSPS) is 25.2. The van der Waals surface area contributed by atoms with Crippen LogP contribution in [0.2, 0.25) is 0 Å². The van der Waals surface area contributed by atoms with Crippen molar-refractivity contribution in [1.82, 2.24) is 10.2 Å². The molecule has 0 aromatic carbocycles. The Morgan fingerprint density at radius 2 is 2.00 bits per heavy atom. The second kappa shape index (κ2) is 5.70. The molecule has 2 fully saturated rings. The molecule has 1 N–H and O–H groups in total. The maximum atomic E-state index is 5.33. The van der Waals surface area contributed by atoms with Gasteiger partial charge in [0.1, 0.15) is 0 Å². The van der Waals surface area contributed by atoms with Gasteiger partial charge >= 0.3 is 0 Å². The van der Waals surface area contributed by atoms with E-state index in [0.29, 0.717) is 6.04 Å². The molecular weight excluding hydrogens is 196 g/mol. The van der Waals surface area contributed by atoms with Crippen LogP contribution >= 0.6 is 0 Å². The van der Waals surface area contributed by atoms with Crippen LogP contribution in [0.3, 0.4) is 0 Å². The van der Waals surface area contributed by atoms with Crippen molar-refractivity contribution in [2.45, 2.75) is 51.1 Å². The van der Waals surface area contributed by atoms with Crippen LogP contribution in [0.15, 0.2) is 0 Å². The van der Waals surface area contributed by atoms with Crippen LogP contribution in [0.1, 0.15) is 39.0 Å². The van der Waals surface area contributed by atoms with Gasteiger partial charge in [-0.3, -0.25) is 4.90 Å². The van der Waals surface area contributed by atoms with Crippen LogP contribution in [0.25, 0.3) is 0 Å². The van der Waals surface area contributed by atoms with Gasteiger partial charge in [-0.25, -0.2) is 0 Å². The van der Waals surface area contributed by atoms with Gasteiger partial charge in [-0.2, -0.15) is 0 Å². The van der Waals surface area contributed by atoms with Crippen molar-refractivity contribution in [3.8, 4) is 12.3 Å². The smallest absolute Gasteiger partial charge is 0.0598 e. The highest BCUT2D eigenvalue weighted by molar-refractivity contribution is 4.91. The van der Waals surface area contributed by atoms with Crippen LogP contribution in [-0.4, -0.2) is 36.6 Å². The van der Waals surface area contributed by atoms with Crippen molar-refractivity contribution in [2.24, 2.45) is 5.92 Å². The third kappa shape index (κ3) is 3.81. The van der Waals surface area contributed by atoms with E-state index < -0.39 is 0 Å². The summed E-state index contributed by atoms with van der Waals surface area (Å²) in [6.45, 7) is 5.49. The summed E-state index contributed by atoms with van der Waals surface area (Å²) in [6, 6.07) is 1.43. The van der Waals surface area contributed by atoms with Crippen molar-refractivity contribution in [3.05, 3.63) is 0 Å². The number of hydrogen-bond acceptors (Lipinski definition) is 2. The van der Waals surface area contributed by atoms with Crippen molar-refractivity contribution in [2.75, 3.05) is 19.6 Å². The van der Waals surface area contributed by atoms with Crippen LogP contribution in [0.4, 0.5) is 0 Å². The van der Waals surface area contributed by atoms with Gasteiger partial charge in [0, 0.05) is 25.2 Å². The van der Waals surface area contributed by atoms with E-state index in [2.05, 4.69) is 23.1 Å². The van der Waals surface area contributed by atoms with Crippen molar-refractivity contribution < 1.29 is 0 Å². The van der Waals surface area contributed by atoms with E-state index in [0.717, 1.165) is 31.6 Å². The van der Waals surface area contributed by atoms with Gasteiger partial charge in [-0.05, 0) is 32.1 Å². The molecule has 1 unspecified atom stereocenters. The number of rotatable bonds is 5. The zero-order valence-corrected chi connectivity index (χ0v) is 10.4. The largest absolute Gasteiger partial charge is 0.311 e. The molecule has 0 amide bonds. The summed E-state index contributed by atoms with van der Waals surface area (Å²) < 4.78 is 0. The Bertz CT molecular complexity index is 244. The minimum atomic E-state index is 0.705. The van der Waals surface area contributed by atoms with Crippen LogP contribution in [-0.2, 0) is 0 Å². The molecule has 1 aliphatic carbocycles. The fourth-order valence-electron chi connectivity index (χ4n) is 2.71. The van der Waals surface area contributed by atoms with E-state index in [1.165, 1.54) is 32.1 Å². The Balaban J connectivity index is 1.62. The molecule has 2 nitrogen and oxygen atoms in total. The Morgan fingerprint density at radius 3 is 2.56 bits per heavy atom. The van der Waals surface area contributed by atoms with Crippen molar-refractivity contribution in [3.63, 3.8) is 0 Å². The van der Waals surface area contributed by atoms with E-state index in [1.54, 1.807) is 0 Å². The van der Waals surface area contributed by atoms with Crippen molar-refractivity contribution >= 4 is 0 Å². The van der Waals surface area contributed by atoms with E-state index in [9.17, 15) is 0 Å². The molecule has 1 saturated heterocycles. The lowest BCUT2D eigenvalue weighted by Crippen LogP contribution is -2.45. The summed E-state index contributed by atoms with van der Waals surface area (Å²) >= 11 is 0. The summed E-state index contributed by atoms with van der Waals surface area (Å²) in [5, 5.41) is 3.77. The number of nitrogens with zero attached hydrogens (tertiary/aromatic N) is 1. The Labute approximate surface area is 99.8 Å². The van der Waals surface area contributed by atoms with E-state index in [1.807, 2.05) is 0 Å². The molecule has 0 aromatic rings. The number of piperidine rings is 1. The average Bonchev–Trinajstić information content (AvgIpc) is 3.05. The SMILES string of the molecule is C#CCN1CCC(NC(C)CC2CC2)CC1. The lowest BCUT2D eigenvalue weighted by atomic mass is 10.0. The first-order valence-corrected chi connectivity index (χ1v) is 6.70. The van der Waals surface area contributed by atoms with Gasteiger partial charge in [0.15, 0.2) is 0 Å². The predicted molar refractivity (Wildman–Crippen MR) is 68.2 cm³/mol. The fourth-order valence-corrected chi connectivity index (χ4v) is 2.71. The maximum absolute atomic E-state index is 5.33. The second-order valence-electron chi connectivity index (χ2n) is 5.50. The van der Waals surface area contributed by atoms with Gasteiger partial charge in [0.2, 0.25) is 0 Å². The molecule has 0 aromatic heterocycles. The molecule has 0 bridgehead atoms. The highest BCUT2D eigenvalue weighted by Gasteiger charge is 2.25. The molecular formula is C14H24N2. The summed E-state index contributed by atoms with van der Waals surface area (Å²) in [4.78, 5) is 2.38. The lowest BCUT2D eigenvalue weighted by molar-refractivity contribution is 0.208. The molecule has 1 heterocycles. The van der Waals surface area contributed by atoms with E-state index in [-0.39, 0.29) is 0 Å². The third-order valence-electron chi connectivity index (χ3n) is 3.81. The molecule has 0 radical (unpaired) electrons. The maximum Gasteiger partial charge on any atom is 0.0598 e. The molecule has 1 aliphatic heterocycles. The first kappa shape index (κ1) is 12.0. The predicted octanol–water partition coefficient (Wildman–Crippen LogP) is 1.86. The monoisotopic (exact) mass is 220 g/mol. The highest BCUT2D eigenvalue weighted by Crippen LogP contribution is 2.33. The number of terminal acetylenes is 1. The topological polar surface area (TPSA) is 15.3 Å².